The zero-order chi connectivity index (χ0) is 37.4. The molecule has 0 atom stereocenters. The van der Waals surface area contributed by atoms with Crippen LogP contribution >= 0.6 is 0 Å². The monoisotopic (exact) mass is 726 g/mol. The van der Waals surface area contributed by atoms with Crippen LogP contribution in [-0.2, 0) is 31.1 Å². The number of amides is 4. The number of hydrogen-bond donors (Lipinski definition) is 0. The van der Waals surface area contributed by atoms with E-state index in [-0.39, 0.29) is 24.2 Å². The van der Waals surface area contributed by atoms with E-state index in [1.54, 1.807) is 12.2 Å². The van der Waals surface area contributed by atoms with Crippen molar-refractivity contribution in [3.63, 3.8) is 0 Å². The van der Waals surface area contributed by atoms with Crippen molar-refractivity contribution in [2.45, 2.75) is 43.5 Å². The van der Waals surface area contributed by atoms with Crippen molar-refractivity contribution in [2.75, 3.05) is 13.1 Å². The topological polar surface area (TPSA) is 74.8 Å². The fourth-order valence-electron chi connectivity index (χ4n) is 7.59. The second-order valence-corrected chi connectivity index (χ2v) is 13.6. The standard InChI is InChI=1S/C41H28F6N2O4/c42-40(43,44)39(41(45,46)47,29-13-15-31-33(21-29)37(52)48(35(31)50)17-1-3-23-5-7-25-9-11-27(25)19-23)30-14-16-32-34(22-30)38(53)49(36(32)51)18-2-4-24-6-8-26-10-12-28(26)20-24/h1-8,13-16,19-22H,9-12,17-18H2/b3-1+,4-2+. The van der Waals surface area contributed by atoms with Crippen molar-refractivity contribution in [3.8, 4) is 0 Å². The molecule has 0 unspecified atom stereocenters. The van der Waals surface area contributed by atoms with Crippen LogP contribution in [0, 0.1) is 0 Å². The van der Waals surface area contributed by atoms with Crippen LogP contribution in [0.3, 0.4) is 0 Å². The second kappa shape index (κ2) is 12.1. The van der Waals surface area contributed by atoms with Gasteiger partial charge in [-0.25, -0.2) is 0 Å². The second-order valence-electron chi connectivity index (χ2n) is 13.6. The summed E-state index contributed by atoms with van der Waals surface area (Å²) in [6.45, 7) is -0.523. The normalized spacial score (nSPS) is 16.6. The highest BCUT2D eigenvalue weighted by Gasteiger charge is 2.73. The molecule has 4 aromatic carbocycles. The molecule has 4 aliphatic rings. The molecular formula is C41H28F6N2O4. The van der Waals surface area contributed by atoms with Crippen molar-refractivity contribution in [3.05, 3.63) is 152 Å². The Morgan fingerprint density at radius 3 is 1.19 bits per heavy atom. The SMILES string of the molecule is O=C1c2ccc(C(c3ccc4c(c3)C(=O)N(C/C=C/c3ccc5c(c3)CC5)C4=O)(C(F)(F)F)C(F)(F)F)cc2C(=O)N1C/C=C/c1ccc2c(c1)CC2. The van der Waals surface area contributed by atoms with Crippen LogP contribution in [0.2, 0.25) is 0 Å². The van der Waals surface area contributed by atoms with Gasteiger partial charge >= 0.3 is 12.4 Å². The van der Waals surface area contributed by atoms with Crippen molar-refractivity contribution >= 4 is 35.8 Å². The molecule has 0 saturated heterocycles. The minimum absolute atomic E-state index is 0.261. The molecule has 2 aliphatic heterocycles. The summed E-state index contributed by atoms with van der Waals surface area (Å²) < 4.78 is 90.9. The first kappa shape index (κ1) is 34.3. The number of carbonyl (C=O) groups is 4. The van der Waals surface area contributed by atoms with E-state index in [1.807, 2.05) is 36.4 Å². The number of rotatable bonds is 8. The first-order valence-electron chi connectivity index (χ1n) is 16.9. The summed E-state index contributed by atoms with van der Waals surface area (Å²) in [5.41, 5.74) is -2.93. The molecule has 0 spiro atoms. The van der Waals surface area contributed by atoms with E-state index in [0.717, 1.165) is 58.7 Å². The number of hydrogen-bond acceptors (Lipinski definition) is 4. The van der Waals surface area contributed by atoms with Gasteiger partial charge in [-0.1, -0.05) is 72.8 Å². The first-order valence-corrected chi connectivity index (χ1v) is 16.9. The van der Waals surface area contributed by atoms with E-state index in [0.29, 0.717) is 24.3 Å². The zero-order valence-electron chi connectivity index (χ0n) is 27.8. The lowest BCUT2D eigenvalue weighted by atomic mass is 9.71. The van der Waals surface area contributed by atoms with Crippen LogP contribution in [0.15, 0.2) is 84.9 Å². The fraction of sp³-hybridized carbons (Fsp3) is 0.220. The summed E-state index contributed by atoms with van der Waals surface area (Å²) in [6.07, 6.45) is -1.88. The molecule has 0 fully saturated rings. The average molecular weight is 727 g/mol. The van der Waals surface area contributed by atoms with Gasteiger partial charge < -0.3 is 0 Å². The third kappa shape index (κ3) is 5.33. The molecule has 6 nitrogen and oxygen atoms in total. The van der Waals surface area contributed by atoms with E-state index in [2.05, 4.69) is 0 Å². The molecule has 8 rings (SSSR count). The van der Waals surface area contributed by atoms with E-state index < -0.39 is 63.7 Å². The third-order valence-electron chi connectivity index (χ3n) is 10.6. The largest absolute Gasteiger partial charge is 0.411 e. The van der Waals surface area contributed by atoms with Crippen molar-refractivity contribution in [2.24, 2.45) is 0 Å². The lowest BCUT2D eigenvalue weighted by Crippen LogP contribution is -2.55. The first-order chi connectivity index (χ1) is 25.2. The molecular weight excluding hydrogens is 698 g/mol. The molecule has 0 N–H and O–H groups in total. The Morgan fingerprint density at radius 1 is 0.472 bits per heavy atom. The maximum Gasteiger partial charge on any atom is 0.411 e. The molecule has 2 heterocycles. The Kier molecular flexibility index (Phi) is 7.86. The van der Waals surface area contributed by atoms with E-state index in [9.17, 15) is 19.2 Å². The molecule has 4 amide bonds. The van der Waals surface area contributed by atoms with Gasteiger partial charge in [0.15, 0.2) is 0 Å². The molecule has 268 valence electrons. The van der Waals surface area contributed by atoms with Crippen molar-refractivity contribution in [1.82, 2.24) is 9.80 Å². The predicted molar refractivity (Wildman–Crippen MR) is 182 cm³/mol. The maximum absolute atomic E-state index is 15.2. The number of nitrogens with zero attached hydrogens (tertiary/aromatic N) is 2. The Bertz CT molecular complexity index is 2170. The number of alkyl halides is 6. The van der Waals surface area contributed by atoms with E-state index >= 15 is 26.3 Å². The average Bonchev–Trinajstić information content (AvgIpc) is 3.45. The van der Waals surface area contributed by atoms with Gasteiger partial charge in [0.05, 0.1) is 22.3 Å². The number of benzene rings is 4. The molecule has 53 heavy (non-hydrogen) atoms. The minimum Gasteiger partial charge on any atom is -0.270 e. The van der Waals surface area contributed by atoms with Crippen LogP contribution in [0.5, 0.6) is 0 Å². The van der Waals surface area contributed by atoms with Gasteiger partial charge in [-0.15, -0.1) is 0 Å². The van der Waals surface area contributed by atoms with Gasteiger partial charge in [0, 0.05) is 13.1 Å². The van der Waals surface area contributed by atoms with Gasteiger partial charge in [-0.2, -0.15) is 26.3 Å². The molecule has 0 radical (unpaired) electrons. The summed E-state index contributed by atoms with van der Waals surface area (Å²) >= 11 is 0. The fourth-order valence-corrected chi connectivity index (χ4v) is 7.59. The van der Waals surface area contributed by atoms with Crippen molar-refractivity contribution in [1.29, 1.82) is 0 Å². The Hall–Kier alpha value is -5.78. The molecule has 4 aromatic rings. The highest BCUT2D eigenvalue weighted by atomic mass is 19.4. The Balaban J connectivity index is 1.10. The van der Waals surface area contributed by atoms with Crippen LogP contribution in [-0.4, -0.2) is 58.9 Å². The maximum atomic E-state index is 15.2. The number of imide groups is 2. The van der Waals surface area contributed by atoms with Gasteiger partial charge in [0.25, 0.3) is 23.6 Å². The molecule has 12 heteroatoms. The summed E-state index contributed by atoms with van der Waals surface area (Å²) in [7, 11) is 0. The van der Waals surface area contributed by atoms with Crippen molar-refractivity contribution < 1.29 is 45.5 Å². The van der Waals surface area contributed by atoms with Gasteiger partial charge in [0.2, 0.25) is 5.41 Å². The smallest absolute Gasteiger partial charge is 0.270 e. The number of halogens is 6. The van der Waals surface area contributed by atoms with Gasteiger partial charge in [-0.05, 0) is 94.5 Å². The summed E-state index contributed by atoms with van der Waals surface area (Å²) in [5, 5.41) is 0. The number of carbonyl (C=O) groups excluding carboxylic acids is 4. The Morgan fingerprint density at radius 2 is 0.849 bits per heavy atom. The summed E-state index contributed by atoms with van der Waals surface area (Å²) in [6, 6.07) is 15.1. The zero-order valence-corrected chi connectivity index (χ0v) is 27.8. The summed E-state index contributed by atoms with van der Waals surface area (Å²) in [4.78, 5) is 54.5. The molecule has 0 aromatic heterocycles. The van der Waals surface area contributed by atoms with Crippen LogP contribution in [0.4, 0.5) is 26.3 Å². The molecule has 0 bridgehead atoms. The van der Waals surface area contributed by atoms with Crippen LogP contribution in [0.25, 0.3) is 12.2 Å². The highest BCUT2D eigenvalue weighted by molar-refractivity contribution is 6.22. The van der Waals surface area contributed by atoms with Gasteiger partial charge in [-0.3, -0.25) is 29.0 Å². The van der Waals surface area contributed by atoms with Gasteiger partial charge in [0.1, 0.15) is 0 Å². The van der Waals surface area contributed by atoms with E-state index in [1.165, 1.54) is 34.4 Å². The highest BCUT2D eigenvalue weighted by Crippen LogP contribution is 2.57. The third-order valence-corrected chi connectivity index (χ3v) is 10.6. The predicted octanol–water partition coefficient (Wildman–Crippen LogP) is 7.91. The van der Waals surface area contributed by atoms with E-state index in [4.69, 9.17) is 0 Å². The quantitative estimate of drug-likeness (QED) is 0.137. The minimum atomic E-state index is -6.05. The van der Waals surface area contributed by atoms with Crippen LogP contribution < -0.4 is 0 Å². The van der Waals surface area contributed by atoms with Crippen LogP contribution in [0.1, 0.15) is 85.9 Å². The lowest BCUT2D eigenvalue weighted by molar-refractivity contribution is -0.288. The number of fused-ring (bicyclic) bond motifs is 4. The lowest BCUT2D eigenvalue weighted by Gasteiger charge is -2.38. The Labute approximate surface area is 299 Å². The summed E-state index contributed by atoms with van der Waals surface area (Å²) in [5.74, 6) is -3.82. The molecule has 2 aliphatic carbocycles. The number of aryl methyl sites for hydroxylation is 4. The molecule has 0 saturated carbocycles.